The van der Waals surface area contributed by atoms with Crippen molar-refractivity contribution in [2.24, 2.45) is 0 Å². The molecule has 0 fully saturated rings. The van der Waals surface area contributed by atoms with Crippen LogP contribution in [0.25, 0.3) is 0 Å². The van der Waals surface area contributed by atoms with Crippen molar-refractivity contribution < 1.29 is 32.9 Å². The fraction of sp³-hybridized carbons (Fsp3) is 0.671. The zero-order valence-electron chi connectivity index (χ0n) is 51.6. The van der Waals surface area contributed by atoms with Gasteiger partial charge in [-0.05, 0) is 109 Å². The van der Waals surface area contributed by atoms with Crippen LogP contribution < -0.4 is 5.32 Å². The summed E-state index contributed by atoms with van der Waals surface area (Å²) in [4.78, 5) is 23.4. The highest BCUT2D eigenvalue weighted by Crippen LogP contribution is 2.43. The Morgan fingerprint density at radius 3 is 1.16 bits per heavy atom. The van der Waals surface area contributed by atoms with Gasteiger partial charge in [0.2, 0.25) is 5.91 Å². The van der Waals surface area contributed by atoms with Crippen LogP contribution in [-0.2, 0) is 18.4 Å². The molecule has 0 aromatic rings. The average molecular weight is 1120 g/mol. The molecule has 79 heavy (non-hydrogen) atoms. The number of phosphoric ester groups is 1. The topological polar surface area (TPSA) is 105 Å². The highest BCUT2D eigenvalue weighted by Gasteiger charge is 2.27. The quantitative estimate of drug-likeness (QED) is 0.0243. The molecule has 3 unspecified atom stereocenters. The first-order valence-corrected chi connectivity index (χ1v) is 33.6. The second kappa shape index (κ2) is 59.3. The summed E-state index contributed by atoms with van der Waals surface area (Å²) in [5.41, 5.74) is 0. The number of nitrogens with zero attached hydrogens (tertiary/aromatic N) is 1. The number of allylic oxidation sites excluding steroid dienone is 21. The zero-order valence-corrected chi connectivity index (χ0v) is 52.5. The molecule has 9 heteroatoms. The van der Waals surface area contributed by atoms with Gasteiger partial charge in [-0.1, -0.05) is 270 Å². The lowest BCUT2D eigenvalue weighted by Crippen LogP contribution is -2.45. The van der Waals surface area contributed by atoms with Crippen molar-refractivity contribution in [2.75, 3.05) is 40.9 Å². The van der Waals surface area contributed by atoms with Gasteiger partial charge < -0.3 is 19.8 Å². The van der Waals surface area contributed by atoms with Gasteiger partial charge in [0, 0.05) is 6.42 Å². The zero-order chi connectivity index (χ0) is 57.7. The van der Waals surface area contributed by atoms with Gasteiger partial charge in [0.25, 0.3) is 0 Å². The molecule has 0 rings (SSSR count). The van der Waals surface area contributed by atoms with E-state index in [0.29, 0.717) is 17.4 Å². The minimum absolute atomic E-state index is 0.0429. The Morgan fingerprint density at radius 2 is 0.772 bits per heavy atom. The van der Waals surface area contributed by atoms with Crippen molar-refractivity contribution in [3.63, 3.8) is 0 Å². The number of likely N-dealkylation sites (N-methyl/N-ethyl adjacent to an activating group) is 1. The summed E-state index contributed by atoms with van der Waals surface area (Å²) in [5, 5.41) is 13.9. The van der Waals surface area contributed by atoms with Crippen molar-refractivity contribution in [2.45, 2.75) is 264 Å². The fourth-order valence-electron chi connectivity index (χ4n) is 8.62. The number of unbranched alkanes of at least 4 members (excludes halogenated alkanes) is 24. The minimum Gasteiger partial charge on any atom is -0.387 e. The van der Waals surface area contributed by atoms with Gasteiger partial charge in [0.05, 0.1) is 39.9 Å². The second-order valence-electron chi connectivity index (χ2n) is 22.4. The van der Waals surface area contributed by atoms with Crippen LogP contribution in [0.5, 0.6) is 0 Å². The number of hydrogen-bond acceptors (Lipinski definition) is 5. The molecule has 0 aromatic heterocycles. The van der Waals surface area contributed by atoms with Crippen molar-refractivity contribution >= 4 is 13.7 Å². The van der Waals surface area contributed by atoms with E-state index in [-0.39, 0.29) is 19.1 Å². The molecule has 8 nitrogen and oxygen atoms in total. The number of quaternary nitrogens is 1. The summed E-state index contributed by atoms with van der Waals surface area (Å²) in [6.45, 7) is 4.66. The van der Waals surface area contributed by atoms with Crippen molar-refractivity contribution in [1.82, 2.24) is 5.32 Å². The number of amides is 1. The lowest BCUT2D eigenvalue weighted by Gasteiger charge is -2.25. The van der Waals surface area contributed by atoms with Crippen molar-refractivity contribution in [3.8, 4) is 0 Å². The summed E-state index contributed by atoms with van der Waals surface area (Å²) in [7, 11) is 1.52. The Balaban J connectivity index is 4.30. The molecular formula is C70H122N2O6P+. The Morgan fingerprint density at radius 1 is 0.443 bits per heavy atom. The van der Waals surface area contributed by atoms with Gasteiger partial charge in [0.1, 0.15) is 13.2 Å². The third kappa shape index (κ3) is 62.1. The Kier molecular flexibility index (Phi) is 56.7. The highest BCUT2D eigenvalue weighted by molar-refractivity contribution is 7.47. The smallest absolute Gasteiger partial charge is 0.387 e. The van der Waals surface area contributed by atoms with Crippen LogP contribution in [0.2, 0.25) is 0 Å². The Labute approximate surface area is 487 Å². The van der Waals surface area contributed by atoms with E-state index < -0.39 is 20.0 Å². The van der Waals surface area contributed by atoms with Crippen LogP contribution in [0.3, 0.4) is 0 Å². The average Bonchev–Trinajstić information content (AvgIpc) is 3.42. The molecule has 0 saturated carbocycles. The molecule has 0 aliphatic heterocycles. The lowest BCUT2D eigenvalue weighted by atomic mass is 10.0. The first-order valence-electron chi connectivity index (χ1n) is 32.1. The molecule has 0 spiro atoms. The van der Waals surface area contributed by atoms with Crippen LogP contribution in [0, 0.1) is 0 Å². The maximum absolute atomic E-state index is 13.0. The number of aliphatic hydroxyl groups is 1. The first-order chi connectivity index (χ1) is 38.5. The van der Waals surface area contributed by atoms with E-state index in [4.69, 9.17) is 9.05 Å². The number of nitrogens with one attached hydrogen (secondary N) is 1. The van der Waals surface area contributed by atoms with Crippen LogP contribution in [0.1, 0.15) is 251 Å². The molecule has 452 valence electrons. The number of aliphatic hydroxyl groups excluding tert-OH is 1. The highest BCUT2D eigenvalue weighted by atomic mass is 31.2. The molecule has 0 aliphatic carbocycles. The first kappa shape index (κ1) is 75.6. The molecule has 0 aliphatic rings. The predicted molar refractivity (Wildman–Crippen MR) is 345 cm³/mol. The third-order valence-corrected chi connectivity index (χ3v) is 14.6. The van der Waals surface area contributed by atoms with Gasteiger partial charge in [-0.25, -0.2) is 4.57 Å². The third-order valence-electron chi connectivity index (χ3n) is 13.6. The molecule has 3 atom stereocenters. The van der Waals surface area contributed by atoms with Crippen molar-refractivity contribution in [3.05, 3.63) is 134 Å². The van der Waals surface area contributed by atoms with Gasteiger partial charge in [-0.2, -0.15) is 0 Å². The van der Waals surface area contributed by atoms with Gasteiger partial charge in [-0.3, -0.25) is 13.8 Å². The number of carbonyl (C=O) groups is 1. The van der Waals surface area contributed by atoms with Crippen molar-refractivity contribution in [1.29, 1.82) is 0 Å². The molecule has 0 bridgehead atoms. The number of rotatable bonds is 57. The standard InChI is InChI=1S/C70H121N2O6P/c1-6-8-10-12-14-16-18-20-22-24-26-28-30-32-34-35-36-37-38-40-42-44-46-48-50-52-54-56-58-60-62-64-70(74)71-68(67-78-79(75,76)77-66-65-72(3,4)5)69(73)63-61-59-57-55-53-51-49-47-45-43-41-39-33-31-29-27-25-23-21-19-17-15-13-11-9-7-2/h8,10,14,16,20,22,26,28,32,34,36-37,40,42,45-48,53,55,61,63,68-69,73H,6-7,9,11-13,15,17-19,21,23-25,27,29-31,33,35,38-39,41,43-44,49-52,54,56-60,62,64-67H2,1-5H3,(H-,71,74,75,76)/p+1/b10-8-,16-14-,22-20-,28-26-,34-32-,37-36-,42-40-,47-45+,48-46-,55-53+,63-61+. The molecule has 0 aromatic carbocycles. The van der Waals surface area contributed by atoms with E-state index in [1.165, 1.54) is 109 Å². The van der Waals surface area contributed by atoms with Crippen LogP contribution in [0.15, 0.2) is 134 Å². The van der Waals surface area contributed by atoms with Gasteiger partial charge in [0.15, 0.2) is 0 Å². The van der Waals surface area contributed by atoms with Gasteiger partial charge >= 0.3 is 7.82 Å². The molecule has 1 amide bonds. The number of phosphoric acid groups is 1. The summed E-state index contributed by atoms with van der Waals surface area (Å²) >= 11 is 0. The number of carbonyl (C=O) groups excluding carboxylic acids is 1. The Hall–Kier alpha value is -3.36. The minimum atomic E-state index is -4.38. The maximum atomic E-state index is 13.0. The van der Waals surface area contributed by atoms with Crippen LogP contribution >= 0.6 is 7.82 Å². The number of hydrogen-bond donors (Lipinski definition) is 3. The summed E-state index contributed by atoms with van der Waals surface area (Å²) < 4.78 is 23.7. The summed E-state index contributed by atoms with van der Waals surface area (Å²) in [5.74, 6) is -0.210. The Bertz CT molecular complexity index is 1750. The summed E-state index contributed by atoms with van der Waals surface area (Å²) in [6.07, 6.45) is 90.0. The van der Waals surface area contributed by atoms with Crippen LogP contribution in [-0.4, -0.2) is 73.4 Å². The largest absolute Gasteiger partial charge is 0.472 e. The molecular weight excluding hydrogens is 996 g/mol. The molecule has 0 saturated heterocycles. The van der Waals surface area contributed by atoms with E-state index in [2.05, 4.69) is 141 Å². The molecule has 0 radical (unpaired) electrons. The molecule has 3 N–H and O–H groups in total. The monoisotopic (exact) mass is 1120 g/mol. The van der Waals surface area contributed by atoms with Crippen LogP contribution in [0.4, 0.5) is 0 Å². The van der Waals surface area contributed by atoms with E-state index in [1.54, 1.807) is 6.08 Å². The fourth-order valence-corrected chi connectivity index (χ4v) is 9.36. The lowest BCUT2D eigenvalue weighted by molar-refractivity contribution is -0.870. The maximum Gasteiger partial charge on any atom is 0.472 e. The summed E-state index contributed by atoms with van der Waals surface area (Å²) in [6, 6.07) is -0.890. The van der Waals surface area contributed by atoms with E-state index in [0.717, 1.165) is 122 Å². The van der Waals surface area contributed by atoms with E-state index in [1.807, 2.05) is 27.2 Å². The van der Waals surface area contributed by atoms with Gasteiger partial charge in [-0.15, -0.1) is 0 Å². The predicted octanol–water partition coefficient (Wildman–Crippen LogP) is 20.3. The molecule has 0 heterocycles. The SMILES string of the molecule is CC/C=C\C/C=C\C/C=C\C/C=C\C/C=C\C/C=C\C/C=C\C/C=C\CCCCCCCCC(=O)NC(COP(=O)(O)OCC[N+](C)(C)C)C(O)/C=C/CC/C=C/CC/C=C/CCCCCCCCCCCCCCCCCC. The second-order valence-corrected chi connectivity index (χ2v) is 23.8. The van der Waals surface area contributed by atoms with E-state index in [9.17, 15) is 19.4 Å². The normalized spacial score (nSPS) is 14.7. The van der Waals surface area contributed by atoms with E-state index >= 15 is 0 Å².